The number of Topliss-reactive ketones (excluding diaryl/α,β-unsaturated/α-hetero) is 1. The highest BCUT2D eigenvalue weighted by Gasteiger charge is 2.49. The molecule has 0 aromatic heterocycles. The number of urea groups is 1. The quantitative estimate of drug-likeness (QED) is 0.444. The summed E-state index contributed by atoms with van der Waals surface area (Å²) in [7, 11) is 0. The van der Waals surface area contributed by atoms with Gasteiger partial charge in [-0.1, -0.05) is 42.0 Å². The fourth-order valence-electron chi connectivity index (χ4n) is 2.79. The Labute approximate surface area is 159 Å². The molecule has 0 radical (unpaired) electrons. The van der Waals surface area contributed by atoms with Crippen LogP contribution in [0.25, 0.3) is 0 Å². The summed E-state index contributed by atoms with van der Waals surface area (Å²) in [6.07, 6.45) is 0. The average molecular weight is 448 g/mol. The van der Waals surface area contributed by atoms with E-state index in [1.807, 2.05) is 43.3 Å². The SMILES string of the molecule is Cc1ccc([C@]2(C)NC(=O)N(CC(=O)c3ccc(I)cc3)C2=O)cc1. The van der Waals surface area contributed by atoms with Crippen molar-refractivity contribution in [1.29, 1.82) is 0 Å². The number of nitrogens with zero attached hydrogens (tertiary/aromatic N) is 1. The van der Waals surface area contributed by atoms with E-state index in [1.165, 1.54) is 0 Å². The number of carbonyl (C=O) groups is 3. The predicted octanol–water partition coefficient (Wildman–Crippen LogP) is 3.25. The number of hydrogen-bond acceptors (Lipinski definition) is 3. The molecule has 1 aliphatic rings. The number of aryl methyl sites for hydroxylation is 1. The summed E-state index contributed by atoms with van der Waals surface area (Å²) in [6.45, 7) is 3.34. The van der Waals surface area contributed by atoms with Crippen molar-refractivity contribution < 1.29 is 14.4 Å². The van der Waals surface area contributed by atoms with Gasteiger partial charge in [-0.05, 0) is 54.1 Å². The van der Waals surface area contributed by atoms with Gasteiger partial charge in [0.2, 0.25) is 0 Å². The molecule has 1 atom stereocenters. The first-order valence-electron chi connectivity index (χ1n) is 7.81. The van der Waals surface area contributed by atoms with Crippen molar-refractivity contribution in [3.63, 3.8) is 0 Å². The molecule has 3 amide bonds. The van der Waals surface area contributed by atoms with Gasteiger partial charge in [-0.15, -0.1) is 0 Å². The number of halogens is 1. The Bertz CT molecular complexity index is 846. The second kappa shape index (κ2) is 6.59. The van der Waals surface area contributed by atoms with Crippen molar-refractivity contribution in [3.05, 3.63) is 68.8 Å². The van der Waals surface area contributed by atoms with Crippen LogP contribution in [0.2, 0.25) is 0 Å². The van der Waals surface area contributed by atoms with Crippen LogP contribution in [0.3, 0.4) is 0 Å². The number of nitrogens with one attached hydrogen (secondary N) is 1. The topological polar surface area (TPSA) is 66.5 Å². The number of rotatable bonds is 4. The van der Waals surface area contributed by atoms with Gasteiger partial charge < -0.3 is 5.32 Å². The number of carbonyl (C=O) groups excluding carboxylic acids is 3. The van der Waals surface area contributed by atoms with Crippen LogP contribution >= 0.6 is 22.6 Å². The molecule has 128 valence electrons. The zero-order valence-corrected chi connectivity index (χ0v) is 16.0. The van der Waals surface area contributed by atoms with E-state index in [0.29, 0.717) is 11.1 Å². The van der Waals surface area contributed by atoms with Gasteiger partial charge in [0.15, 0.2) is 5.78 Å². The van der Waals surface area contributed by atoms with E-state index >= 15 is 0 Å². The van der Waals surface area contributed by atoms with Crippen LogP contribution in [-0.2, 0) is 10.3 Å². The molecule has 3 rings (SSSR count). The smallest absolute Gasteiger partial charge is 0.319 e. The molecule has 5 nitrogen and oxygen atoms in total. The zero-order valence-electron chi connectivity index (χ0n) is 13.9. The predicted molar refractivity (Wildman–Crippen MR) is 102 cm³/mol. The molecule has 1 saturated heterocycles. The highest BCUT2D eigenvalue weighted by Crippen LogP contribution is 2.29. The molecule has 1 aliphatic heterocycles. The van der Waals surface area contributed by atoms with Crippen LogP contribution in [-0.4, -0.2) is 29.2 Å². The van der Waals surface area contributed by atoms with E-state index in [2.05, 4.69) is 27.9 Å². The maximum atomic E-state index is 12.8. The van der Waals surface area contributed by atoms with E-state index in [9.17, 15) is 14.4 Å². The lowest BCUT2D eigenvalue weighted by molar-refractivity contribution is -0.130. The lowest BCUT2D eigenvalue weighted by Gasteiger charge is -2.22. The van der Waals surface area contributed by atoms with E-state index < -0.39 is 17.5 Å². The molecule has 2 aromatic rings. The molecule has 25 heavy (non-hydrogen) atoms. The minimum absolute atomic E-state index is 0.270. The Morgan fingerprint density at radius 2 is 1.68 bits per heavy atom. The molecule has 2 aromatic carbocycles. The molecular formula is C19H17IN2O3. The highest BCUT2D eigenvalue weighted by molar-refractivity contribution is 14.1. The van der Waals surface area contributed by atoms with Crippen molar-refractivity contribution in [1.82, 2.24) is 10.2 Å². The van der Waals surface area contributed by atoms with Gasteiger partial charge in [-0.25, -0.2) is 4.79 Å². The first-order chi connectivity index (χ1) is 11.8. The maximum absolute atomic E-state index is 12.8. The molecule has 0 bridgehead atoms. The Morgan fingerprint density at radius 1 is 1.08 bits per heavy atom. The third-order valence-electron chi connectivity index (χ3n) is 4.37. The summed E-state index contributed by atoms with van der Waals surface area (Å²) >= 11 is 2.15. The monoisotopic (exact) mass is 448 g/mol. The Kier molecular flexibility index (Phi) is 4.64. The number of amides is 3. The summed E-state index contributed by atoms with van der Waals surface area (Å²) < 4.78 is 1.01. The molecule has 0 aliphatic carbocycles. The molecular weight excluding hydrogens is 431 g/mol. The minimum Gasteiger partial charge on any atom is -0.319 e. The van der Waals surface area contributed by atoms with E-state index in [0.717, 1.165) is 14.0 Å². The van der Waals surface area contributed by atoms with Crippen LogP contribution in [0.1, 0.15) is 28.4 Å². The maximum Gasteiger partial charge on any atom is 0.325 e. The van der Waals surface area contributed by atoms with Gasteiger partial charge in [-0.3, -0.25) is 14.5 Å². The highest BCUT2D eigenvalue weighted by atomic mass is 127. The number of imide groups is 1. The van der Waals surface area contributed by atoms with Gasteiger partial charge in [0, 0.05) is 9.13 Å². The summed E-state index contributed by atoms with van der Waals surface area (Å²) in [5.41, 5.74) is 1.08. The largest absolute Gasteiger partial charge is 0.325 e. The second-order valence-electron chi connectivity index (χ2n) is 6.24. The van der Waals surface area contributed by atoms with Crippen LogP contribution in [0, 0.1) is 10.5 Å². The normalized spacial score (nSPS) is 19.9. The van der Waals surface area contributed by atoms with E-state index in [-0.39, 0.29) is 12.3 Å². The summed E-state index contributed by atoms with van der Waals surface area (Å²) in [5, 5.41) is 2.72. The van der Waals surface area contributed by atoms with Gasteiger partial charge in [0.25, 0.3) is 5.91 Å². The third kappa shape index (κ3) is 3.30. The fourth-order valence-corrected chi connectivity index (χ4v) is 3.15. The van der Waals surface area contributed by atoms with Gasteiger partial charge in [0.1, 0.15) is 5.54 Å². The molecule has 6 heteroatoms. The van der Waals surface area contributed by atoms with E-state index in [4.69, 9.17) is 0 Å². The summed E-state index contributed by atoms with van der Waals surface area (Å²) in [4.78, 5) is 38.5. The fraction of sp³-hybridized carbons (Fsp3) is 0.211. The van der Waals surface area contributed by atoms with Crippen LogP contribution in [0.5, 0.6) is 0 Å². The lowest BCUT2D eigenvalue weighted by Crippen LogP contribution is -2.41. The number of ketones is 1. The van der Waals surface area contributed by atoms with Crippen LogP contribution in [0.4, 0.5) is 4.79 Å². The number of benzene rings is 2. The summed E-state index contributed by atoms with van der Waals surface area (Å²) in [5.74, 6) is -0.687. The molecule has 0 spiro atoms. The standard InChI is InChI=1S/C19H17IN2O3/c1-12-3-7-14(8-4-12)19(2)17(24)22(18(25)21-19)11-16(23)13-5-9-15(20)10-6-13/h3-10H,11H2,1-2H3,(H,21,25)/t19-/m0/s1. The first-order valence-corrected chi connectivity index (χ1v) is 8.89. The zero-order chi connectivity index (χ0) is 18.2. The van der Waals surface area contributed by atoms with Crippen molar-refractivity contribution in [3.8, 4) is 0 Å². The minimum atomic E-state index is -1.16. The van der Waals surface area contributed by atoms with Crippen LogP contribution < -0.4 is 5.32 Å². The van der Waals surface area contributed by atoms with Gasteiger partial charge in [0.05, 0.1) is 6.54 Å². The van der Waals surface area contributed by atoms with Crippen molar-refractivity contribution >= 4 is 40.3 Å². The van der Waals surface area contributed by atoms with Crippen molar-refractivity contribution in [2.24, 2.45) is 0 Å². The van der Waals surface area contributed by atoms with Crippen molar-refractivity contribution in [2.45, 2.75) is 19.4 Å². The molecule has 1 N–H and O–H groups in total. The van der Waals surface area contributed by atoms with Crippen LogP contribution in [0.15, 0.2) is 48.5 Å². The van der Waals surface area contributed by atoms with E-state index in [1.54, 1.807) is 19.1 Å². The summed E-state index contributed by atoms with van der Waals surface area (Å²) in [6, 6.07) is 13.9. The Morgan fingerprint density at radius 3 is 2.28 bits per heavy atom. The molecule has 0 unspecified atom stereocenters. The second-order valence-corrected chi connectivity index (χ2v) is 7.49. The number of hydrogen-bond donors (Lipinski definition) is 1. The van der Waals surface area contributed by atoms with Gasteiger partial charge in [-0.2, -0.15) is 0 Å². The first kappa shape index (κ1) is 17.6. The van der Waals surface area contributed by atoms with Gasteiger partial charge >= 0.3 is 6.03 Å². The Hall–Kier alpha value is -2.22. The average Bonchev–Trinajstić information content (AvgIpc) is 2.80. The van der Waals surface area contributed by atoms with Crippen molar-refractivity contribution in [2.75, 3.05) is 6.54 Å². The third-order valence-corrected chi connectivity index (χ3v) is 5.09. The molecule has 1 fully saturated rings. The molecule has 1 heterocycles. The lowest BCUT2D eigenvalue weighted by atomic mass is 9.91. The molecule has 0 saturated carbocycles. The Balaban J connectivity index is 1.82.